The maximum Gasteiger partial charge on any atom is 0.315 e. The maximum atomic E-state index is 11.7. The summed E-state index contributed by atoms with van der Waals surface area (Å²) in [6, 6.07) is 9.14. The molecule has 0 saturated heterocycles. The molecule has 2 aromatic rings. The van der Waals surface area contributed by atoms with Crippen LogP contribution in [0.15, 0.2) is 34.9 Å². The van der Waals surface area contributed by atoms with Crippen LogP contribution in [-0.2, 0) is 6.42 Å². The van der Waals surface area contributed by atoms with Gasteiger partial charge in [-0.1, -0.05) is 35.5 Å². The van der Waals surface area contributed by atoms with Gasteiger partial charge < -0.3 is 20.3 Å². The van der Waals surface area contributed by atoms with Crippen molar-refractivity contribution < 1.29 is 14.4 Å². The highest BCUT2D eigenvalue weighted by molar-refractivity contribution is 5.74. The molecule has 0 saturated carbocycles. The molecule has 0 spiro atoms. The number of aromatic nitrogens is 2. The van der Waals surface area contributed by atoms with Crippen molar-refractivity contribution in [1.82, 2.24) is 20.8 Å². The van der Waals surface area contributed by atoms with E-state index in [0.29, 0.717) is 31.1 Å². The predicted molar refractivity (Wildman–Crippen MR) is 84.8 cm³/mol. The van der Waals surface area contributed by atoms with E-state index in [9.17, 15) is 4.79 Å². The molecule has 2 rings (SSSR count). The topological polar surface area (TPSA) is 100 Å². The molecule has 2 atom stereocenters. The van der Waals surface area contributed by atoms with Crippen LogP contribution in [0.4, 0.5) is 4.79 Å². The van der Waals surface area contributed by atoms with Crippen LogP contribution in [0.5, 0.6) is 0 Å². The first kappa shape index (κ1) is 17.0. The molecular weight excluding hydrogens is 296 g/mol. The molecule has 0 fully saturated rings. The number of hydrogen-bond acceptors (Lipinski definition) is 5. The lowest BCUT2D eigenvalue weighted by Gasteiger charge is -2.11. The second kappa shape index (κ2) is 8.28. The fraction of sp³-hybridized carbons (Fsp3) is 0.438. The average Bonchev–Trinajstić information content (AvgIpc) is 2.96. The number of aliphatic hydroxyl groups excluding tert-OH is 1. The molecule has 0 aliphatic rings. The lowest BCUT2D eigenvalue weighted by molar-refractivity contribution is 0.183. The SMILES string of the molecule is CC(O)CCNC(=O)NC(C)c1noc(Cc2ccccc2)n1. The lowest BCUT2D eigenvalue weighted by Crippen LogP contribution is -2.38. The van der Waals surface area contributed by atoms with Gasteiger partial charge in [0, 0.05) is 6.54 Å². The highest BCUT2D eigenvalue weighted by atomic mass is 16.5. The van der Waals surface area contributed by atoms with Crippen LogP contribution in [0.1, 0.15) is 43.6 Å². The second-order valence-electron chi connectivity index (χ2n) is 5.47. The highest BCUT2D eigenvalue weighted by Crippen LogP contribution is 2.11. The van der Waals surface area contributed by atoms with Crippen molar-refractivity contribution in [2.75, 3.05) is 6.54 Å². The molecule has 1 heterocycles. The van der Waals surface area contributed by atoms with Gasteiger partial charge in [-0.15, -0.1) is 0 Å². The zero-order valence-electron chi connectivity index (χ0n) is 13.3. The first-order chi connectivity index (χ1) is 11.0. The molecule has 1 aromatic carbocycles. The van der Waals surface area contributed by atoms with Crippen LogP contribution in [0.2, 0.25) is 0 Å². The Morgan fingerprint density at radius 1 is 1.30 bits per heavy atom. The summed E-state index contributed by atoms with van der Waals surface area (Å²) in [5.74, 6) is 0.941. The van der Waals surface area contributed by atoms with Crippen LogP contribution in [0, 0.1) is 0 Å². The van der Waals surface area contributed by atoms with E-state index in [-0.39, 0.29) is 12.1 Å². The third-order valence-corrected chi connectivity index (χ3v) is 3.26. The summed E-state index contributed by atoms with van der Waals surface area (Å²) in [5.41, 5.74) is 1.08. The first-order valence-electron chi connectivity index (χ1n) is 7.63. The van der Waals surface area contributed by atoms with E-state index in [4.69, 9.17) is 9.63 Å². The van der Waals surface area contributed by atoms with Crippen molar-refractivity contribution in [2.45, 2.75) is 38.8 Å². The summed E-state index contributed by atoms with van der Waals surface area (Å²) in [6.07, 6.45) is 0.623. The number of urea groups is 1. The summed E-state index contributed by atoms with van der Waals surface area (Å²) in [4.78, 5) is 16.0. The van der Waals surface area contributed by atoms with Gasteiger partial charge in [-0.05, 0) is 25.8 Å². The molecule has 2 amide bonds. The largest absolute Gasteiger partial charge is 0.393 e. The van der Waals surface area contributed by atoms with Gasteiger partial charge in [-0.3, -0.25) is 0 Å². The van der Waals surface area contributed by atoms with Crippen molar-refractivity contribution in [1.29, 1.82) is 0 Å². The summed E-state index contributed by atoms with van der Waals surface area (Å²) < 4.78 is 5.22. The standard InChI is InChI=1S/C16H22N4O3/c1-11(21)8-9-17-16(22)18-12(2)15-19-14(23-20-15)10-13-6-4-3-5-7-13/h3-7,11-12,21H,8-10H2,1-2H3,(H2,17,18,22). The fourth-order valence-corrected chi connectivity index (χ4v) is 1.99. The maximum absolute atomic E-state index is 11.7. The normalized spacial score (nSPS) is 13.3. The van der Waals surface area contributed by atoms with E-state index in [1.165, 1.54) is 0 Å². The van der Waals surface area contributed by atoms with Gasteiger partial charge in [0.1, 0.15) is 0 Å². The Morgan fingerprint density at radius 3 is 2.74 bits per heavy atom. The molecule has 7 nitrogen and oxygen atoms in total. The van der Waals surface area contributed by atoms with Gasteiger partial charge in [0.15, 0.2) is 5.82 Å². The highest BCUT2D eigenvalue weighted by Gasteiger charge is 2.16. The van der Waals surface area contributed by atoms with Gasteiger partial charge in [-0.2, -0.15) is 4.98 Å². The van der Waals surface area contributed by atoms with Gasteiger partial charge >= 0.3 is 6.03 Å². The molecule has 1 aromatic heterocycles. The van der Waals surface area contributed by atoms with Gasteiger partial charge in [0.05, 0.1) is 18.6 Å². The lowest BCUT2D eigenvalue weighted by atomic mass is 10.1. The Balaban J connectivity index is 1.83. The zero-order chi connectivity index (χ0) is 16.7. The van der Waals surface area contributed by atoms with Gasteiger partial charge in [0.2, 0.25) is 5.89 Å². The molecule has 124 valence electrons. The van der Waals surface area contributed by atoms with E-state index < -0.39 is 6.10 Å². The Kier molecular flexibility index (Phi) is 6.10. The number of carbonyl (C=O) groups is 1. The quantitative estimate of drug-likeness (QED) is 0.722. The number of carbonyl (C=O) groups excluding carboxylic acids is 1. The monoisotopic (exact) mass is 318 g/mol. The van der Waals surface area contributed by atoms with E-state index in [1.807, 2.05) is 30.3 Å². The van der Waals surface area contributed by atoms with Crippen LogP contribution >= 0.6 is 0 Å². The minimum atomic E-state index is -0.439. The molecule has 23 heavy (non-hydrogen) atoms. The Labute approximate surface area is 135 Å². The molecule has 7 heteroatoms. The van der Waals surface area contributed by atoms with Gasteiger partial charge in [0.25, 0.3) is 0 Å². The third-order valence-electron chi connectivity index (χ3n) is 3.26. The van der Waals surface area contributed by atoms with Crippen molar-refractivity contribution in [3.63, 3.8) is 0 Å². The average molecular weight is 318 g/mol. The van der Waals surface area contributed by atoms with Crippen LogP contribution in [0.25, 0.3) is 0 Å². The van der Waals surface area contributed by atoms with Gasteiger partial charge in [-0.25, -0.2) is 4.79 Å². The Morgan fingerprint density at radius 2 is 2.04 bits per heavy atom. The number of hydrogen-bond donors (Lipinski definition) is 3. The smallest absolute Gasteiger partial charge is 0.315 e. The molecule has 2 unspecified atom stereocenters. The van der Waals surface area contributed by atoms with Crippen LogP contribution in [-0.4, -0.2) is 33.9 Å². The van der Waals surface area contributed by atoms with E-state index in [2.05, 4.69) is 20.8 Å². The summed E-state index contributed by atoms with van der Waals surface area (Å²) in [6.45, 7) is 3.86. The summed E-state index contributed by atoms with van der Waals surface area (Å²) >= 11 is 0. The Bertz CT molecular complexity index is 613. The number of rotatable bonds is 7. The molecule has 0 aliphatic carbocycles. The number of aliphatic hydroxyl groups is 1. The van der Waals surface area contributed by atoms with Crippen LogP contribution in [0.3, 0.4) is 0 Å². The molecular formula is C16H22N4O3. The minimum Gasteiger partial charge on any atom is -0.393 e. The van der Waals surface area contributed by atoms with E-state index in [1.54, 1.807) is 13.8 Å². The first-order valence-corrected chi connectivity index (χ1v) is 7.63. The van der Waals surface area contributed by atoms with Crippen molar-refractivity contribution in [3.05, 3.63) is 47.6 Å². The van der Waals surface area contributed by atoms with Crippen molar-refractivity contribution in [3.8, 4) is 0 Å². The van der Waals surface area contributed by atoms with E-state index in [0.717, 1.165) is 5.56 Å². The number of nitrogens with one attached hydrogen (secondary N) is 2. The van der Waals surface area contributed by atoms with Crippen molar-refractivity contribution >= 4 is 6.03 Å². The van der Waals surface area contributed by atoms with E-state index >= 15 is 0 Å². The molecule has 0 bridgehead atoms. The second-order valence-corrected chi connectivity index (χ2v) is 5.47. The number of amides is 2. The predicted octanol–water partition coefficient (Wildman–Crippen LogP) is 1.79. The fourth-order valence-electron chi connectivity index (χ4n) is 1.99. The Hall–Kier alpha value is -2.41. The minimum absolute atomic E-state index is 0.326. The zero-order valence-corrected chi connectivity index (χ0v) is 13.3. The molecule has 0 radical (unpaired) electrons. The molecule has 0 aliphatic heterocycles. The number of benzene rings is 1. The van der Waals surface area contributed by atoms with Crippen molar-refractivity contribution in [2.24, 2.45) is 0 Å². The third kappa shape index (κ3) is 5.71. The van der Waals surface area contributed by atoms with Crippen LogP contribution < -0.4 is 10.6 Å². The summed E-state index contributed by atoms with van der Waals surface area (Å²) in [7, 11) is 0. The number of nitrogens with zero attached hydrogens (tertiary/aromatic N) is 2. The summed E-state index contributed by atoms with van der Waals surface area (Å²) in [5, 5.41) is 18.4. The molecule has 3 N–H and O–H groups in total.